The summed E-state index contributed by atoms with van der Waals surface area (Å²) in [6.07, 6.45) is 0.137. The number of Topliss-reactive ketones (excluding diaryl/α,β-unsaturated/α-hetero) is 1. The van der Waals surface area contributed by atoms with Crippen molar-refractivity contribution in [1.29, 1.82) is 0 Å². The van der Waals surface area contributed by atoms with Gasteiger partial charge in [0.15, 0.2) is 5.78 Å². The summed E-state index contributed by atoms with van der Waals surface area (Å²) >= 11 is 1.15. The van der Waals surface area contributed by atoms with Crippen LogP contribution in [0, 0.1) is 0 Å². The lowest BCUT2D eigenvalue weighted by molar-refractivity contribution is -0.131. The van der Waals surface area contributed by atoms with Crippen LogP contribution in [0.1, 0.15) is 23.7 Å². The molecule has 1 fully saturated rings. The van der Waals surface area contributed by atoms with Crippen LogP contribution in [-0.4, -0.2) is 57.7 Å². The molecule has 1 aromatic carbocycles. The van der Waals surface area contributed by atoms with Gasteiger partial charge in [-0.15, -0.1) is 11.3 Å². The lowest BCUT2D eigenvalue weighted by Gasteiger charge is -2.36. The Kier molecular flexibility index (Phi) is 6.48. The molecule has 7 nitrogen and oxygen atoms in total. The van der Waals surface area contributed by atoms with E-state index in [4.69, 9.17) is 0 Å². The Labute approximate surface area is 169 Å². The van der Waals surface area contributed by atoms with Gasteiger partial charge in [-0.3, -0.25) is 9.59 Å². The highest BCUT2D eigenvalue weighted by atomic mass is 32.2. The number of nitrogens with zero attached hydrogens (tertiary/aromatic N) is 2. The zero-order valence-electron chi connectivity index (χ0n) is 15.6. The highest BCUT2D eigenvalue weighted by Gasteiger charge is 2.22. The van der Waals surface area contributed by atoms with Gasteiger partial charge in [0, 0.05) is 50.4 Å². The number of hydrogen-bond acceptors (Lipinski definition) is 6. The van der Waals surface area contributed by atoms with Gasteiger partial charge in [-0.05, 0) is 42.6 Å². The van der Waals surface area contributed by atoms with Gasteiger partial charge in [0.2, 0.25) is 15.9 Å². The van der Waals surface area contributed by atoms with Crippen LogP contribution in [0.25, 0.3) is 0 Å². The Hall–Kier alpha value is -2.23. The first kappa shape index (κ1) is 20.5. The zero-order chi connectivity index (χ0) is 20.1. The van der Waals surface area contributed by atoms with E-state index >= 15 is 0 Å². The van der Waals surface area contributed by atoms with Crippen LogP contribution >= 0.6 is 11.3 Å². The number of piperazine rings is 1. The molecule has 9 heteroatoms. The third-order valence-corrected chi connectivity index (χ3v) is 7.52. The second-order valence-electron chi connectivity index (χ2n) is 6.55. The molecular formula is C19H23N3O4S2. The Morgan fingerprint density at radius 1 is 1.07 bits per heavy atom. The van der Waals surface area contributed by atoms with E-state index in [1.807, 2.05) is 24.3 Å². The van der Waals surface area contributed by atoms with Gasteiger partial charge in [0.25, 0.3) is 0 Å². The van der Waals surface area contributed by atoms with E-state index in [0.29, 0.717) is 31.7 Å². The number of sulfonamides is 1. The fourth-order valence-electron chi connectivity index (χ4n) is 3.06. The molecule has 1 N–H and O–H groups in total. The number of amides is 1. The molecule has 1 saturated heterocycles. The minimum Gasteiger partial charge on any atom is -0.368 e. The lowest BCUT2D eigenvalue weighted by Crippen LogP contribution is -2.49. The van der Waals surface area contributed by atoms with Crippen molar-refractivity contribution < 1.29 is 18.0 Å². The number of ketones is 1. The maximum atomic E-state index is 12.4. The second-order valence-corrected chi connectivity index (χ2v) is 9.49. The molecule has 0 atom stereocenters. The van der Waals surface area contributed by atoms with E-state index < -0.39 is 10.0 Å². The standard InChI is InChI=1S/C19H23N3O4S2/c1-15(23)16-4-6-17(7-5-16)21-10-12-22(13-11-21)18(24)8-9-20-28(25,26)19-3-2-14-27-19/h2-7,14,20H,8-13H2,1H3. The van der Waals surface area contributed by atoms with Gasteiger partial charge in [0.05, 0.1) is 0 Å². The summed E-state index contributed by atoms with van der Waals surface area (Å²) in [6.45, 7) is 4.21. The molecular weight excluding hydrogens is 398 g/mol. The minimum absolute atomic E-state index is 0.0386. The van der Waals surface area contributed by atoms with Crippen molar-refractivity contribution in [2.75, 3.05) is 37.6 Å². The zero-order valence-corrected chi connectivity index (χ0v) is 17.3. The fraction of sp³-hybridized carbons (Fsp3) is 0.368. The Morgan fingerprint density at radius 3 is 2.32 bits per heavy atom. The predicted molar refractivity (Wildman–Crippen MR) is 109 cm³/mol. The Morgan fingerprint density at radius 2 is 1.75 bits per heavy atom. The third-order valence-electron chi connectivity index (χ3n) is 4.66. The number of carbonyl (C=O) groups excluding carboxylic acids is 2. The molecule has 1 aliphatic rings. The van der Waals surface area contributed by atoms with E-state index in [1.54, 1.807) is 23.3 Å². The molecule has 0 radical (unpaired) electrons. The van der Waals surface area contributed by atoms with E-state index in [9.17, 15) is 18.0 Å². The summed E-state index contributed by atoms with van der Waals surface area (Å²) in [6, 6.07) is 10.7. The van der Waals surface area contributed by atoms with Crippen molar-refractivity contribution in [2.45, 2.75) is 17.6 Å². The monoisotopic (exact) mass is 421 g/mol. The highest BCUT2D eigenvalue weighted by Crippen LogP contribution is 2.18. The minimum atomic E-state index is -3.53. The first-order valence-electron chi connectivity index (χ1n) is 9.04. The van der Waals surface area contributed by atoms with Crippen LogP contribution in [-0.2, 0) is 14.8 Å². The van der Waals surface area contributed by atoms with Crippen LogP contribution in [0.15, 0.2) is 46.0 Å². The number of nitrogens with one attached hydrogen (secondary N) is 1. The number of benzene rings is 1. The van der Waals surface area contributed by atoms with Gasteiger partial charge in [-0.1, -0.05) is 6.07 Å². The molecule has 150 valence electrons. The summed E-state index contributed by atoms with van der Waals surface area (Å²) in [7, 11) is -3.53. The molecule has 0 spiro atoms. The van der Waals surface area contributed by atoms with Gasteiger partial charge >= 0.3 is 0 Å². The average molecular weight is 422 g/mol. The first-order valence-corrected chi connectivity index (χ1v) is 11.4. The summed E-state index contributed by atoms with van der Waals surface area (Å²) < 4.78 is 26.9. The lowest BCUT2D eigenvalue weighted by atomic mass is 10.1. The fourth-order valence-corrected chi connectivity index (χ4v) is 5.13. The maximum absolute atomic E-state index is 12.4. The number of anilines is 1. The summed E-state index contributed by atoms with van der Waals surface area (Å²) in [5.41, 5.74) is 1.71. The second kappa shape index (κ2) is 8.85. The van der Waals surface area contributed by atoms with Crippen molar-refractivity contribution in [1.82, 2.24) is 9.62 Å². The SMILES string of the molecule is CC(=O)c1ccc(N2CCN(C(=O)CCNS(=O)(=O)c3cccs3)CC2)cc1. The van der Waals surface area contributed by atoms with E-state index in [-0.39, 0.29) is 28.9 Å². The maximum Gasteiger partial charge on any atom is 0.250 e. The molecule has 2 aromatic rings. The topological polar surface area (TPSA) is 86.8 Å². The molecule has 0 aliphatic carbocycles. The third kappa shape index (κ3) is 4.98. The molecule has 1 amide bonds. The van der Waals surface area contributed by atoms with Crippen LogP contribution in [0.2, 0.25) is 0 Å². The highest BCUT2D eigenvalue weighted by molar-refractivity contribution is 7.91. The van der Waals surface area contributed by atoms with Crippen molar-refractivity contribution in [2.24, 2.45) is 0 Å². The smallest absolute Gasteiger partial charge is 0.250 e. The van der Waals surface area contributed by atoms with Crippen molar-refractivity contribution in [3.63, 3.8) is 0 Å². The number of thiophene rings is 1. The molecule has 0 unspecified atom stereocenters. The quantitative estimate of drug-likeness (QED) is 0.691. The van der Waals surface area contributed by atoms with Gasteiger partial charge in [-0.2, -0.15) is 0 Å². The van der Waals surface area contributed by atoms with Crippen molar-refractivity contribution >= 4 is 38.7 Å². The average Bonchev–Trinajstić information content (AvgIpc) is 3.24. The molecule has 0 bridgehead atoms. The Balaban J connectivity index is 1.45. The summed E-state index contributed by atoms with van der Waals surface area (Å²) in [5, 5.41) is 1.70. The molecule has 0 saturated carbocycles. The van der Waals surface area contributed by atoms with Crippen LogP contribution < -0.4 is 9.62 Å². The van der Waals surface area contributed by atoms with E-state index in [2.05, 4.69) is 9.62 Å². The molecule has 3 rings (SSSR count). The number of hydrogen-bond donors (Lipinski definition) is 1. The summed E-state index contributed by atoms with van der Waals surface area (Å²) in [5.74, 6) is -0.0166. The normalized spacial score (nSPS) is 14.9. The van der Waals surface area contributed by atoms with Gasteiger partial charge in [0.1, 0.15) is 4.21 Å². The van der Waals surface area contributed by atoms with E-state index in [0.717, 1.165) is 17.0 Å². The molecule has 1 aromatic heterocycles. The van der Waals surface area contributed by atoms with Crippen LogP contribution in [0.5, 0.6) is 0 Å². The van der Waals surface area contributed by atoms with Crippen LogP contribution in [0.3, 0.4) is 0 Å². The summed E-state index contributed by atoms with van der Waals surface area (Å²) in [4.78, 5) is 27.7. The predicted octanol–water partition coefficient (Wildman–Crippen LogP) is 1.97. The van der Waals surface area contributed by atoms with Gasteiger partial charge < -0.3 is 9.80 Å². The number of rotatable bonds is 7. The largest absolute Gasteiger partial charge is 0.368 e. The van der Waals surface area contributed by atoms with E-state index in [1.165, 1.54) is 6.07 Å². The molecule has 1 aliphatic heterocycles. The van der Waals surface area contributed by atoms with Gasteiger partial charge in [-0.25, -0.2) is 13.1 Å². The molecule has 2 heterocycles. The first-order chi connectivity index (χ1) is 13.4. The van der Waals surface area contributed by atoms with Crippen molar-refractivity contribution in [3.05, 3.63) is 47.3 Å². The van der Waals surface area contributed by atoms with Crippen molar-refractivity contribution in [3.8, 4) is 0 Å². The Bertz CT molecular complexity index is 917. The van der Waals surface area contributed by atoms with Crippen LogP contribution in [0.4, 0.5) is 5.69 Å². The number of carbonyl (C=O) groups is 2. The molecule has 28 heavy (non-hydrogen) atoms.